The standard InChI is InChI=1S/C12H19ClN2/c1-3-11(14)9-15(2)8-10-6-4-5-7-12(10)13/h4-7,11H,3,8-9,14H2,1-2H3. The first-order valence-corrected chi connectivity index (χ1v) is 5.68. The molecule has 0 saturated heterocycles. The van der Waals surface area contributed by atoms with Gasteiger partial charge in [-0.15, -0.1) is 0 Å². The van der Waals surface area contributed by atoms with Crippen molar-refractivity contribution in [2.45, 2.75) is 25.9 Å². The van der Waals surface area contributed by atoms with Crippen molar-refractivity contribution in [2.75, 3.05) is 13.6 Å². The van der Waals surface area contributed by atoms with Crippen LogP contribution in [0.2, 0.25) is 5.02 Å². The van der Waals surface area contributed by atoms with Gasteiger partial charge in [-0.05, 0) is 25.1 Å². The zero-order chi connectivity index (χ0) is 11.3. The molecule has 2 N–H and O–H groups in total. The van der Waals surface area contributed by atoms with Crippen LogP contribution in [0.15, 0.2) is 24.3 Å². The number of benzene rings is 1. The zero-order valence-electron chi connectivity index (χ0n) is 9.41. The quantitative estimate of drug-likeness (QED) is 0.836. The Morgan fingerprint density at radius 3 is 2.67 bits per heavy atom. The Morgan fingerprint density at radius 2 is 2.07 bits per heavy atom. The summed E-state index contributed by atoms with van der Waals surface area (Å²) < 4.78 is 0. The lowest BCUT2D eigenvalue weighted by atomic mass is 10.2. The summed E-state index contributed by atoms with van der Waals surface area (Å²) in [5.74, 6) is 0. The van der Waals surface area contributed by atoms with Gasteiger partial charge in [0.2, 0.25) is 0 Å². The van der Waals surface area contributed by atoms with Crippen molar-refractivity contribution < 1.29 is 0 Å². The minimum absolute atomic E-state index is 0.248. The van der Waals surface area contributed by atoms with E-state index in [0.29, 0.717) is 0 Å². The highest BCUT2D eigenvalue weighted by atomic mass is 35.5. The monoisotopic (exact) mass is 226 g/mol. The van der Waals surface area contributed by atoms with Crippen LogP contribution in [0.1, 0.15) is 18.9 Å². The van der Waals surface area contributed by atoms with Crippen molar-refractivity contribution >= 4 is 11.6 Å². The van der Waals surface area contributed by atoms with Crippen LogP contribution in [0.5, 0.6) is 0 Å². The van der Waals surface area contributed by atoms with Gasteiger partial charge in [-0.2, -0.15) is 0 Å². The molecule has 0 aliphatic heterocycles. The highest BCUT2D eigenvalue weighted by Gasteiger charge is 2.06. The van der Waals surface area contributed by atoms with E-state index in [-0.39, 0.29) is 6.04 Å². The van der Waals surface area contributed by atoms with Crippen LogP contribution in [0.3, 0.4) is 0 Å². The average Bonchev–Trinajstić information content (AvgIpc) is 2.21. The van der Waals surface area contributed by atoms with E-state index in [1.165, 1.54) is 0 Å². The highest BCUT2D eigenvalue weighted by molar-refractivity contribution is 6.31. The van der Waals surface area contributed by atoms with Crippen LogP contribution in [-0.2, 0) is 6.54 Å². The lowest BCUT2D eigenvalue weighted by Gasteiger charge is -2.20. The van der Waals surface area contributed by atoms with Crippen molar-refractivity contribution in [3.8, 4) is 0 Å². The van der Waals surface area contributed by atoms with E-state index in [1.807, 2.05) is 18.2 Å². The van der Waals surface area contributed by atoms with Gasteiger partial charge in [-0.3, -0.25) is 0 Å². The summed E-state index contributed by atoms with van der Waals surface area (Å²) in [7, 11) is 2.07. The summed E-state index contributed by atoms with van der Waals surface area (Å²) in [6, 6.07) is 8.18. The molecule has 0 spiro atoms. The molecule has 1 aromatic rings. The second kappa shape index (κ2) is 6.11. The minimum Gasteiger partial charge on any atom is -0.327 e. The normalized spacial score (nSPS) is 13.1. The molecule has 3 heteroatoms. The third kappa shape index (κ3) is 4.20. The molecule has 0 aliphatic carbocycles. The maximum atomic E-state index is 6.08. The summed E-state index contributed by atoms with van der Waals surface area (Å²) in [6.45, 7) is 3.86. The minimum atomic E-state index is 0.248. The lowest BCUT2D eigenvalue weighted by molar-refractivity contribution is 0.300. The van der Waals surface area contributed by atoms with Crippen molar-refractivity contribution in [2.24, 2.45) is 5.73 Å². The molecule has 1 aromatic carbocycles. The van der Waals surface area contributed by atoms with Gasteiger partial charge in [-0.25, -0.2) is 0 Å². The third-order valence-electron chi connectivity index (χ3n) is 2.47. The van der Waals surface area contributed by atoms with Gasteiger partial charge in [0.1, 0.15) is 0 Å². The Balaban J connectivity index is 2.51. The molecule has 0 aliphatic rings. The van der Waals surface area contributed by atoms with Crippen LogP contribution >= 0.6 is 11.6 Å². The number of likely N-dealkylation sites (N-methyl/N-ethyl adjacent to an activating group) is 1. The number of halogens is 1. The van der Waals surface area contributed by atoms with E-state index >= 15 is 0 Å². The van der Waals surface area contributed by atoms with Gasteiger partial charge in [0.15, 0.2) is 0 Å². The molecule has 0 fully saturated rings. The Kier molecular flexibility index (Phi) is 5.09. The molecule has 0 radical (unpaired) electrons. The SMILES string of the molecule is CCC(N)CN(C)Cc1ccccc1Cl. The summed E-state index contributed by atoms with van der Waals surface area (Å²) in [4.78, 5) is 2.20. The summed E-state index contributed by atoms with van der Waals surface area (Å²) in [6.07, 6.45) is 1.01. The van der Waals surface area contributed by atoms with Crippen LogP contribution in [0.4, 0.5) is 0 Å². The average molecular weight is 227 g/mol. The Morgan fingerprint density at radius 1 is 1.40 bits per heavy atom. The van der Waals surface area contributed by atoms with Crippen LogP contribution in [0, 0.1) is 0 Å². The molecule has 1 unspecified atom stereocenters. The summed E-state index contributed by atoms with van der Waals surface area (Å²) >= 11 is 6.08. The van der Waals surface area contributed by atoms with E-state index in [2.05, 4.69) is 24.9 Å². The van der Waals surface area contributed by atoms with E-state index in [1.54, 1.807) is 0 Å². The van der Waals surface area contributed by atoms with Gasteiger partial charge in [0.05, 0.1) is 0 Å². The molecule has 2 nitrogen and oxygen atoms in total. The van der Waals surface area contributed by atoms with Crippen molar-refractivity contribution in [3.05, 3.63) is 34.9 Å². The van der Waals surface area contributed by atoms with E-state index in [0.717, 1.165) is 30.1 Å². The zero-order valence-corrected chi connectivity index (χ0v) is 10.2. The fraction of sp³-hybridized carbons (Fsp3) is 0.500. The molecule has 0 amide bonds. The predicted octanol–water partition coefficient (Wildman–Crippen LogP) is 2.51. The fourth-order valence-electron chi connectivity index (χ4n) is 1.51. The van der Waals surface area contributed by atoms with E-state index < -0.39 is 0 Å². The highest BCUT2D eigenvalue weighted by Crippen LogP contribution is 2.16. The van der Waals surface area contributed by atoms with Crippen LogP contribution in [-0.4, -0.2) is 24.5 Å². The first kappa shape index (κ1) is 12.5. The first-order valence-electron chi connectivity index (χ1n) is 5.31. The Hall–Kier alpha value is -0.570. The number of nitrogens with zero attached hydrogens (tertiary/aromatic N) is 1. The smallest absolute Gasteiger partial charge is 0.0451 e. The molecule has 1 atom stereocenters. The molecule has 0 saturated carbocycles. The van der Waals surface area contributed by atoms with E-state index in [9.17, 15) is 0 Å². The number of hydrogen-bond acceptors (Lipinski definition) is 2. The first-order chi connectivity index (χ1) is 7.13. The fourth-order valence-corrected chi connectivity index (χ4v) is 1.71. The molecule has 0 heterocycles. The third-order valence-corrected chi connectivity index (χ3v) is 2.84. The molecule has 15 heavy (non-hydrogen) atoms. The van der Waals surface area contributed by atoms with E-state index in [4.69, 9.17) is 17.3 Å². The molecule has 84 valence electrons. The Bertz CT molecular complexity index is 301. The molecule has 1 rings (SSSR count). The number of rotatable bonds is 5. The summed E-state index contributed by atoms with van der Waals surface area (Å²) in [5.41, 5.74) is 7.05. The van der Waals surface area contributed by atoms with Crippen LogP contribution < -0.4 is 5.73 Å². The Labute approximate surface area is 97.0 Å². The second-order valence-corrected chi connectivity index (χ2v) is 4.36. The van der Waals surface area contributed by atoms with Gasteiger partial charge in [-0.1, -0.05) is 36.7 Å². The lowest BCUT2D eigenvalue weighted by Crippen LogP contribution is -2.34. The predicted molar refractivity (Wildman–Crippen MR) is 66.1 cm³/mol. The topological polar surface area (TPSA) is 29.3 Å². The van der Waals surface area contributed by atoms with Crippen molar-refractivity contribution in [1.82, 2.24) is 4.90 Å². The maximum absolute atomic E-state index is 6.08. The van der Waals surface area contributed by atoms with Crippen molar-refractivity contribution in [1.29, 1.82) is 0 Å². The van der Waals surface area contributed by atoms with Gasteiger partial charge in [0, 0.05) is 24.2 Å². The van der Waals surface area contributed by atoms with Crippen molar-refractivity contribution in [3.63, 3.8) is 0 Å². The van der Waals surface area contributed by atoms with Gasteiger partial charge in [0.25, 0.3) is 0 Å². The number of hydrogen-bond donors (Lipinski definition) is 1. The molecule has 0 bridgehead atoms. The largest absolute Gasteiger partial charge is 0.327 e. The second-order valence-electron chi connectivity index (χ2n) is 3.96. The number of nitrogens with two attached hydrogens (primary N) is 1. The molecule has 0 aromatic heterocycles. The van der Waals surface area contributed by atoms with Gasteiger partial charge >= 0.3 is 0 Å². The summed E-state index contributed by atoms with van der Waals surface area (Å²) in [5, 5.41) is 0.828. The van der Waals surface area contributed by atoms with Gasteiger partial charge < -0.3 is 10.6 Å². The molecular weight excluding hydrogens is 208 g/mol. The maximum Gasteiger partial charge on any atom is 0.0451 e. The molecular formula is C12H19ClN2. The van der Waals surface area contributed by atoms with Crippen LogP contribution in [0.25, 0.3) is 0 Å².